The highest BCUT2D eigenvalue weighted by molar-refractivity contribution is 7.90. The van der Waals surface area contributed by atoms with Crippen molar-refractivity contribution < 1.29 is 31.8 Å². The molecule has 0 unspecified atom stereocenters. The van der Waals surface area contributed by atoms with Gasteiger partial charge in [0.1, 0.15) is 23.2 Å². The van der Waals surface area contributed by atoms with Crippen LogP contribution in [0.1, 0.15) is 29.9 Å². The van der Waals surface area contributed by atoms with Crippen molar-refractivity contribution in [2.75, 3.05) is 19.8 Å². The fraction of sp³-hybridized carbons (Fsp3) is 0.320. The lowest BCUT2D eigenvalue weighted by Gasteiger charge is -2.27. The van der Waals surface area contributed by atoms with Gasteiger partial charge in [0.05, 0.1) is 25.5 Å². The average molecular weight is 516 g/mol. The Hall–Kier alpha value is -3.57. The molecule has 0 aliphatic carbocycles. The van der Waals surface area contributed by atoms with Gasteiger partial charge in [-0.2, -0.15) is 8.42 Å². The van der Waals surface area contributed by atoms with Crippen molar-refractivity contribution in [2.24, 2.45) is 5.92 Å². The van der Waals surface area contributed by atoms with Crippen molar-refractivity contribution in [2.45, 2.75) is 31.9 Å². The first-order chi connectivity index (χ1) is 17.1. The number of halogens is 1. The summed E-state index contributed by atoms with van der Waals surface area (Å²) in [6.07, 6.45) is -0.355. The normalized spacial score (nSPS) is 13.8. The number of aryl methyl sites for hydroxylation is 1. The molecule has 190 valence electrons. The Morgan fingerprint density at radius 2 is 1.94 bits per heavy atom. The summed E-state index contributed by atoms with van der Waals surface area (Å²) in [5.74, 6) is -0.952. The minimum atomic E-state index is -4.24. The summed E-state index contributed by atoms with van der Waals surface area (Å²) in [6.45, 7) is 6.61. The van der Waals surface area contributed by atoms with E-state index in [2.05, 4.69) is 9.97 Å². The topological polar surface area (TPSA) is 117 Å². The van der Waals surface area contributed by atoms with Gasteiger partial charge in [0, 0.05) is 17.3 Å². The number of hydrogen-bond donors (Lipinski definition) is 1. The van der Waals surface area contributed by atoms with Gasteiger partial charge in [-0.3, -0.25) is 4.79 Å². The van der Waals surface area contributed by atoms with Crippen LogP contribution in [0.15, 0.2) is 53.6 Å². The SMILES string of the molecule is Cc1cccc(S(=O)(=O)NC(=O)c2ccc(-c3cc(F)cc(OCC(C)C)c3)nc2OC2COC2)n1. The van der Waals surface area contributed by atoms with Crippen molar-refractivity contribution in [3.8, 4) is 22.9 Å². The maximum Gasteiger partial charge on any atom is 0.281 e. The van der Waals surface area contributed by atoms with E-state index < -0.39 is 21.7 Å². The third-order valence-corrected chi connectivity index (χ3v) is 6.34. The van der Waals surface area contributed by atoms with Gasteiger partial charge >= 0.3 is 0 Å². The smallest absolute Gasteiger partial charge is 0.281 e. The van der Waals surface area contributed by atoms with Gasteiger partial charge in [-0.25, -0.2) is 19.1 Å². The summed E-state index contributed by atoms with van der Waals surface area (Å²) < 4.78 is 58.3. The van der Waals surface area contributed by atoms with E-state index in [1.165, 1.54) is 36.4 Å². The maximum atomic E-state index is 14.3. The Morgan fingerprint density at radius 3 is 2.61 bits per heavy atom. The van der Waals surface area contributed by atoms with E-state index in [9.17, 15) is 17.6 Å². The summed E-state index contributed by atoms with van der Waals surface area (Å²) >= 11 is 0. The molecule has 2 aromatic heterocycles. The summed E-state index contributed by atoms with van der Waals surface area (Å²) in [7, 11) is -4.24. The van der Waals surface area contributed by atoms with E-state index in [4.69, 9.17) is 14.2 Å². The van der Waals surface area contributed by atoms with Crippen LogP contribution in [0.2, 0.25) is 0 Å². The van der Waals surface area contributed by atoms with Crippen molar-refractivity contribution >= 4 is 15.9 Å². The summed E-state index contributed by atoms with van der Waals surface area (Å²) in [5.41, 5.74) is 1.11. The Kier molecular flexibility index (Phi) is 7.51. The van der Waals surface area contributed by atoms with E-state index in [-0.39, 0.29) is 28.5 Å². The molecule has 4 rings (SSSR count). The van der Waals surface area contributed by atoms with Crippen LogP contribution in [-0.4, -0.2) is 50.2 Å². The van der Waals surface area contributed by atoms with E-state index in [0.29, 0.717) is 42.5 Å². The minimum Gasteiger partial charge on any atom is -0.493 e. The molecule has 1 aromatic carbocycles. The zero-order valence-corrected chi connectivity index (χ0v) is 20.8. The molecular weight excluding hydrogens is 489 g/mol. The third kappa shape index (κ3) is 6.16. The van der Waals surface area contributed by atoms with Gasteiger partial charge in [-0.1, -0.05) is 19.9 Å². The Balaban J connectivity index is 1.65. The number of amides is 1. The van der Waals surface area contributed by atoms with Gasteiger partial charge in [0.15, 0.2) is 5.03 Å². The molecular formula is C25H26FN3O6S. The predicted octanol–water partition coefficient (Wildman–Crippen LogP) is 3.52. The van der Waals surface area contributed by atoms with E-state index in [1.807, 2.05) is 18.6 Å². The fourth-order valence-electron chi connectivity index (χ4n) is 3.26. The number of nitrogens with zero attached hydrogens (tertiary/aromatic N) is 2. The van der Waals surface area contributed by atoms with Crippen LogP contribution in [0.3, 0.4) is 0 Å². The molecule has 0 atom stereocenters. The fourth-order valence-corrected chi connectivity index (χ4v) is 4.24. The van der Waals surface area contributed by atoms with Gasteiger partial charge in [0.2, 0.25) is 5.88 Å². The first-order valence-electron chi connectivity index (χ1n) is 11.3. The number of carbonyl (C=O) groups is 1. The zero-order valence-electron chi connectivity index (χ0n) is 20.0. The third-order valence-electron chi connectivity index (χ3n) is 5.11. The second-order valence-electron chi connectivity index (χ2n) is 8.76. The molecule has 0 spiro atoms. The molecule has 36 heavy (non-hydrogen) atoms. The standard InChI is InChI=1S/C25H26FN3O6S/c1-15(2)12-34-19-10-17(9-18(26)11-19)22-8-7-21(25(28-22)35-20-13-33-14-20)24(30)29-36(31,32)23-6-4-5-16(3)27-23/h4-11,15,20H,12-14H2,1-3H3,(H,29,30). The lowest BCUT2D eigenvalue weighted by molar-refractivity contribution is -0.0814. The highest BCUT2D eigenvalue weighted by Gasteiger charge is 2.27. The molecule has 0 bridgehead atoms. The lowest BCUT2D eigenvalue weighted by atomic mass is 10.1. The Labute approximate surface area is 208 Å². The number of aromatic nitrogens is 2. The van der Waals surface area contributed by atoms with Crippen molar-refractivity contribution in [3.63, 3.8) is 0 Å². The van der Waals surface area contributed by atoms with Crippen LogP contribution in [-0.2, 0) is 14.8 Å². The largest absolute Gasteiger partial charge is 0.493 e. The number of pyridine rings is 2. The van der Waals surface area contributed by atoms with Gasteiger partial charge in [-0.05, 0) is 49.2 Å². The van der Waals surface area contributed by atoms with Crippen LogP contribution in [0.5, 0.6) is 11.6 Å². The van der Waals surface area contributed by atoms with Crippen LogP contribution >= 0.6 is 0 Å². The molecule has 1 aliphatic rings. The number of hydrogen-bond acceptors (Lipinski definition) is 8. The number of nitrogens with one attached hydrogen (secondary N) is 1. The average Bonchev–Trinajstić information content (AvgIpc) is 2.79. The Morgan fingerprint density at radius 1 is 1.17 bits per heavy atom. The van der Waals surface area contributed by atoms with Gasteiger partial charge < -0.3 is 14.2 Å². The number of rotatable bonds is 9. The molecule has 3 aromatic rings. The number of carbonyl (C=O) groups excluding carboxylic acids is 1. The molecule has 1 saturated heterocycles. The van der Waals surface area contributed by atoms with Crippen LogP contribution in [0.4, 0.5) is 4.39 Å². The number of sulfonamides is 1. The number of benzene rings is 1. The monoisotopic (exact) mass is 515 g/mol. The zero-order chi connectivity index (χ0) is 25.9. The molecule has 0 saturated carbocycles. The van der Waals surface area contributed by atoms with Crippen molar-refractivity contribution in [1.82, 2.24) is 14.7 Å². The second kappa shape index (κ2) is 10.6. The molecule has 3 heterocycles. The van der Waals surface area contributed by atoms with Crippen molar-refractivity contribution in [3.05, 3.63) is 65.6 Å². The quantitative estimate of drug-likeness (QED) is 0.460. The highest BCUT2D eigenvalue weighted by atomic mass is 32.2. The maximum absolute atomic E-state index is 14.3. The summed E-state index contributed by atoms with van der Waals surface area (Å²) in [4.78, 5) is 21.4. The minimum absolute atomic E-state index is 0.0976. The van der Waals surface area contributed by atoms with Gasteiger partial charge in [-0.15, -0.1) is 0 Å². The molecule has 1 N–H and O–H groups in total. The van der Waals surface area contributed by atoms with E-state index in [1.54, 1.807) is 19.1 Å². The Bertz CT molecular complexity index is 1380. The summed E-state index contributed by atoms with van der Waals surface area (Å²) in [5, 5.41) is -0.288. The molecule has 1 amide bonds. The molecule has 11 heteroatoms. The van der Waals surface area contributed by atoms with Crippen LogP contribution < -0.4 is 14.2 Å². The first-order valence-corrected chi connectivity index (χ1v) is 12.8. The first kappa shape index (κ1) is 25.5. The van der Waals surface area contributed by atoms with Crippen LogP contribution in [0.25, 0.3) is 11.3 Å². The van der Waals surface area contributed by atoms with Gasteiger partial charge in [0.25, 0.3) is 15.9 Å². The molecule has 0 radical (unpaired) electrons. The predicted molar refractivity (Wildman–Crippen MR) is 129 cm³/mol. The molecule has 1 aliphatic heterocycles. The number of ether oxygens (including phenoxy) is 3. The van der Waals surface area contributed by atoms with Crippen molar-refractivity contribution in [1.29, 1.82) is 0 Å². The second-order valence-corrected chi connectivity index (χ2v) is 10.4. The van der Waals surface area contributed by atoms with E-state index in [0.717, 1.165) is 0 Å². The highest BCUT2D eigenvalue weighted by Crippen LogP contribution is 2.29. The lowest BCUT2D eigenvalue weighted by Crippen LogP contribution is -2.39. The molecule has 9 nitrogen and oxygen atoms in total. The summed E-state index contributed by atoms with van der Waals surface area (Å²) in [6, 6.07) is 11.5. The van der Waals surface area contributed by atoms with E-state index >= 15 is 0 Å². The van der Waals surface area contributed by atoms with Crippen LogP contribution in [0, 0.1) is 18.7 Å². The molecule has 1 fully saturated rings.